The number of imidazole rings is 1. The molecule has 0 fully saturated rings. The monoisotopic (exact) mass is 373 g/mol. The van der Waals surface area contributed by atoms with Crippen molar-refractivity contribution in [2.24, 2.45) is 0 Å². The number of hydrogen-bond acceptors (Lipinski definition) is 4. The van der Waals surface area contributed by atoms with Gasteiger partial charge in [0.25, 0.3) is 0 Å². The molecule has 8 heteroatoms. The maximum absolute atomic E-state index is 12.0. The average Bonchev–Trinajstić information content (AvgIpc) is 3.09. The number of anilines is 1. The number of benzene rings is 1. The topological polar surface area (TPSA) is 97.3 Å². The van der Waals surface area contributed by atoms with Gasteiger partial charge in [0.05, 0.1) is 6.33 Å². The van der Waals surface area contributed by atoms with Crippen molar-refractivity contribution in [3.05, 3.63) is 48.5 Å². The summed E-state index contributed by atoms with van der Waals surface area (Å²) in [6.07, 6.45) is 5.69. The lowest BCUT2D eigenvalue weighted by atomic mass is 10.2. The highest BCUT2D eigenvalue weighted by Crippen LogP contribution is 2.11. The van der Waals surface area contributed by atoms with Crippen molar-refractivity contribution in [3.63, 3.8) is 0 Å². The van der Waals surface area contributed by atoms with Crippen LogP contribution in [0.2, 0.25) is 0 Å². The van der Waals surface area contributed by atoms with Crippen LogP contribution in [0.1, 0.15) is 32.8 Å². The highest BCUT2D eigenvalue weighted by atomic mass is 16.6. The average molecular weight is 373 g/mol. The predicted molar refractivity (Wildman–Crippen MR) is 103 cm³/mol. The summed E-state index contributed by atoms with van der Waals surface area (Å²) in [7, 11) is 0. The Morgan fingerprint density at radius 2 is 2.04 bits per heavy atom. The van der Waals surface area contributed by atoms with Gasteiger partial charge in [0.15, 0.2) is 0 Å². The van der Waals surface area contributed by atoms with Gasteiger partial charge in [-0.2, -0.15) is 0 Å². The molecule has 1 heterocycles. The minimum Gasteiger partial charge on any atom is -0.444 e. The van der Waals surface area contributed by atoms with Crippen LogP contribution < -0.4 is 16.0 Å². The molecule has 1 aromatic carbocycles. The normalized spacial score (nSPS) is 10.9. The van der Waals surface area contributed by atoms with Gasteiger partial charge >= 0.3 is 12.1 Å². The van der Waals surface area contributed by atoms with Crippen LogP contribution in [-0.2, 0) is 17.8 Å². The molecule has 27 heavy (non-hydrogen) atoms. The molecule has 0 radical (unpaired) electrons. The Morgan fingerprint density at radius 1 is 1.22 bits per heavy atom. The number of alkyl carbamates (subject to hydrolysis) is 1. The van der Waals surface area contributed by atoms with Crippen molar-refractivity contribution in [1.82, 2.24) is 20.2 Å². The van der Waals surface area contributed by atoms with Gasteiger partial charge in [-0.25, -0.2) is 14.6 Å². The molecule has 0 aliphatic carbocycles. The van der Waals surface area contributed by atoms with E-state index in [-0.39, 0.29) is 6.03 Å². The smallest absolute Gasteiger partial charge is 0.407 e. The molecule has 2 aromatic rings. The maximum Gasteiger partial charge on any atom is 0.407 e. The van der Waals surface area contributed by atoms with E-state index in [1.54, 1.807) is 18.6 Å². The minimum absolute atomic E-state index is 0.266. The molecule has 3 amide bonds. The third-order valence-corrected chi connectivity index (χ3v) is 3.46. The first kappa shape index (κ1) is 20.3. The minimum atomic E-state index is -0.538. The van der Waals surface area contributed by atoms with E-state index in [0.717, 1.165) is 18.5 Å². The number of aromatic nitrogens is 2. The fraction of sp³-hybridized carbons (Fsp3) is 0.421. The third kappa shape index (κ3) is 8.26. The summed E-state index contributed by atoms with van der Waals surface area (Å²) < 4.78 is 7.16. The molecule has 8 nitrogen and oxygen atoms in total. The standard InChI is InChI=1S/C19H27N5O3/c1-19(2,3)27-18(26)22-13-15-6-4-7-16(12-15)23-17(25)21-8-5-10-24-11-9-20-14-24/h4,6-7,9,11-12,14H,5,8,10,13H2,1-3H3,(H,22,26)(H2,21,23,25). The van der Waals surface area contributed by atoms with E-state index in [1.807, 2.05) is 49.7 Å². The van der Waals surface area contributed by atoms with E-state index >= 15 is 0 Å². The highest BCUT2D eigenvalue weighted by molar-refractivity contribution is 5.89. The second-order valence-corrected chi connectivity index (χ2v) is 7.09. The van der Waals surface area contributed by atoms with Crippen LogP contribution in [0.3, 0.4) is 0 Å². The zero-order valence-electron chi connectivity index (χ0n) is 16.0. The van der Waals surface area contributed by atoms with Crippen LogP contribution in [0.25, 0.3) is 0 Å². The van der Waals surface area contributed by atoms with Crippen molar-refractivity contribution in [1.29, 1.82) is 0 Å². The zero-order chi connectivity index (χ0) is 19.7. The van der Waals surface area contributed by atoms with E-state index in [9.17, 15) is 9.59 Å². The number of amides is 3. The molecule has 2 rings (SSSR count). The van der Waals surface area contributed by atoms with Crippen molar-refractivity contribution < 1.29 is 14.3 Å². The molecule has 146 valence electrons. The fourth-order valence-electron chi connectivity index (χ4n) is 2.31. The Hall–Kier alpha value is -3.03. The molecular formula is C19H27N5O3. The van der Waals surface area contributed by atoms with E-state index in [1.165, 1.54) is 0 Å². The van der Waals surface area contributed by atoms with Gasteiger partial charge in [-0.05, 0) is 44.9 Å². The quantitative estimate of drug-likeness (QED) is 0.650. The summed E-state index contributed by atoms with van der Waals surface area (Å²) in [5.41, 5.74) is 0.980. The number of carbonyl (C=O) groups is 2. The first-order valence-electron chi connectivity index (χ1n) is 8.88. The SMILES string of the molecule is CC(C)(C)OC(=O)NCc1cccc(NC(=O)NCCCn2ccnc2)c1. The lowest BCUT2D eigenvalue weighted by Crippen LogP contribution is -2.32. The Bertz CT molecular complexity index is 738. The number of urea groups is 1. The number of ether oxygens (including phenoxy) is 1. The summed E-state index contributed by atoms with van der Waals surface area (Å²) in [6, 6.07) is 7.02. The molecule has 0 unspecified atom stereocenters. The number of nitrogens with zero attached hydrogens (tertiary/aromatic N) is 2. The van der Waals surface area contributed by atoms with Gasteiger partial charge in [0.1, 0.15) is 5.60 Å². The summed E-state index contributed by atoms with van der Waals surface area (Å²) in [5, 5.41) is 8.30. The molecule has 0 bridgehead atoms. The number of hydrogen-bond donors (Lipinski definition) is 3. The highest BCUT2D eigenvalue weighted by Gasteiger charge is 2.15. The summed E-state index contributed by atoms with van der Waals surface area (Å²) in [5.74, 6) is 0. The Kier molecular flexibility index (Phi) is 7.22. The summed E-state index contributed by atoms with van der Waals surface area (Å²) in [4.78, 5) is 27.7. The molecule has 1 aromatic heterocycles. The van der Waals surface area contributed by atoms with Crippen LogP contribution in [0.5, 0.6) is 0 Å². The maximum atomic E-state index is 12.0. The molecule has 0 spiro atoms. The van der Waals surface area contributed by atoms with Crippen molar-refractivity contribution in [2.75, 3.05) is 11.9 Å². The lowest BCUT2D eigenvalue weighted by molar-refractivity contribution is 0.0523. The Morgan fingerprint density at radius 3 is 2.74 bits per heavy atom. The van der Waals surface area contributed by atoms with Gasteiger partial charge in [-0.3, -0.25) is 0 Å². The zero-order valence-corrected chi connectivity index (χ0v) is 16.0. The van der Waals surface area contributed by atoms with E-state index in [4.69, 9.17) is 4.74 Å². The first-order chi connectivity index (χ1) is 12.8. The number of nitrogens with one attached hydrogen (secondary N) is 3. The summed E-state index contributed by atoms with van der Waals surface area (Å²) >= 11 is 0. The second-order valence-electron chi connectivity index (χ2n) is 7.09. The third-order valence-electron chi connectivity index (χ3n) is 3.46. The van der Waals surface area contributed by atoms with Gasteiger partial charge in [-0.15, -0.1) is 0 Å². The molecule has 0 saturated heterocycles. The first-order valence-corrected chi connectivity index (χ1v) is 8.88. The lowest BCUT2D eigenvalue weighted by Gasteiger charge is -2.19. The van der Waals surface area contributed by atoms with E-state index in [0.29, 0.717) is 18.8 Å². The fourth-order valence-corrected chi connectivity index (χ4v) is 2.31. The summed E-state index contributed by atoms with van der Waals surface area (Å²) in [6.45, 7) is 7.11. The number of carbonyl (C=O) groups excluding carboxylic acids is 2. The number of aryl methyl sites for hydroxylation is 1. The molecule has 0 aliphatic rings. The van der Waals surface area contributed by atoms with Crippen LogP contribution in [0.15, 0.2) is 43.0 Å². The Balaban J connectivity index is 1.72. The van der Waals surface area contributed by atoms with Crippen molar-refractivity contribution >= 4 is 17.8 Å². The largest absolute Gasteiger partial charge is 0.444 e. The predicted octanol–water partition coefficient (Wildman–Crippen LogP) is 3.12. The number of rotatable bonds is 7. The van der Waals surface area contributed by atoms with Crippen LogP contribution in [-0.4, -0.2) is 33.8 Å². The Labute approximate surface area is 159 Å². The van der Waals surface area contributed by atoms with E-state index in [2.05, 4.69) is 20.9 Å². The molecule has 0 atom stereocenters. The molecular weight excluding hydrogens is 346 g/mol. The van der Waals surface area contributed by atoms with Gasteiger partial charge in [0, 0.05) is 37.7 Å². The van der Waals surface area contributed by atoms with Crippen molar-refractivity contribution in [3.8, 4) is 0 Å². The van der Waals surface area contributed by atoms with Gasteiger partial charge < -0.3 is 25.3 Å². The van der Waals surface area contributed by atoms with Gasteiger partial charge in [0.2, 0.25) is 0 Å². The van der Waals surface area contributed by atoms with Gasteiger partial charge in [-0.1, -0.05) is 12.1 Å². The second kappa shape index (κ2) is 9.61. The van der Waals surface area contributed by atoms with Crippen LogP contribution >= 0.6 is 0 Å². The van der Waals surface area contributed by atoms with E-state index < -0.39 is 11.7 Å². The van der Waals surface area contributed by atoms with Crippen molar-refractivity contribution in [2.45, 2.75) is 45.9 Å². The van der Waals surface area contributed by atoms with Crippen LogP contribution in [0.4, 0.5) is 15.3 Å². The van der Waals surface area contributed by atoms with Crippen LogP contribution in [0, 0.1) is 0 Å². The molecule has 0 saturated carbocycles. The molecule has 3 N–H and O–H groups in total. The molecule has 0 aliphatic heterocycles.